The van der Waals surface area contributed by atoms with Gasteiger partial charge in [0.2, 0.25) is 0 Å². The molecule has 142 valence electrons. The third-order valence-corrected chi connectivity index (χ3v) is 5.75. The number of fused-ring (bicyclic) bond motifs is 1. The summed E-state index contributed by atoms with van der Waals surface area (Å²) >= 11 is 7.56. The van der Waals surface area contributed by atoms with Crippen LogP contribution in [-0.2, 0) is 16.1 Å². The topological polar surface area (TPSA) is 61.2 Å². The number of carbonyl (C=O) groups excluding carboxylic acids is 2. The molecule has 0 fully saturated rings. The van der Waals surface area contributed by atoms with Gasteiger partial charge in [-0.3, -0.25) is 9.48 Å². The molecule has 5 nitrogen and oxygen atoms in total. The Morgan fingerprint density at radius 2 is 1.96 bits per heavy atom. The van der Waals surface area contributed by atoms with Crippen molar-refractivity contribution in [3.05, 3.63) is 51.5 Å². The number of benzene rings is 1. The SMILES string of the molecule is Cc1nn(Cc2ccccc2Cl)c2sc(C(=O)OCC(=O)C(C)(C)C)cc12. The van der Waals surface area contributed by atoms with Gasteiger partial charge in [-0.25, -0.2) is 4.79 Å². The molecule has 2 heterocycles. The maximum Gasteiger partial charge on any atom is 0.348 e. The van der Waals surface area contributed by atoms with E-state index in [2.05, 4.69) is 5.10 Å². The summed E-state index contributed by atoms with van der Waals surface area (Å²) in [6.07, 6.45) is 0. The first-order chi connectivity index (χ1) is 12.7. The average Bonchev–Trinajstić information content (AvgIpc) is 3.15. The van der Waals surface area contributed by atoms with Crippen LogP contribution in [0.2, 0.25) is 5.02 Å². The van der Waals surface area contributed by atoms with Crippen LogP contribution < -0.4 is 0 Å². The second kappa shape index (κ2) is 7.44. The fourth-order valence-electron chi connectivity index (χ4n) is 2.53. The van der Waals surface area contributed by atoms with E-state index in [9.17, 15) is 9.59 Å². The van der Waals surface area contributed by atoms with Gasteiger partial charge in [0.25, 0.3) is 0 Å². The van der Waals surface area contributed by atoms with Gasteiger partial charge in [0.15, 0.2) is 12.4 Å². The highest BCUT2D eigenvalue weighted by molar-refractivity contribution is 7.20. The van der Waals surface area contributed by atoms with Crippen molar-refractivity contribution in [1.82, 2.24) is 9.78 Å². The smallest absolute Gasteiger partial charge is 0.348 e. The van der Waals surface area contributed by atoms with E-state index in [4.69, 9.17) is 16.3 Å². The maximum atomic E-state index is 12.4. The zero-order valence-corrected chi connectivity index (χ0v) is 17.3. The summed E-state index contributed by atoms with van der Waals surface area (Å²) in [5.74, 6) is -0.601. The molecule has 0 N–H and O–H groups in total. The quantitative estimate of drug-likeness (QED) is 0.568. The molecule has 0 saturated carbocycles. The fourth-order valence-corrected chi connectivity index (χ4v) is 3.78. The Morgan fingerprint density at radius 1 is 1.26 bits per heavy atom. The van der Waals surface area contributed by atoms with Crippen molar-refractivity contribution in [2.75, 3.05) is 6.61 Å². The van der Waals surface area contributed by atoms with E-state index in [-0.39, 0.29) is 12.4 Å². The van der Waals surface area contributed by atoms with Crippen molar-refractivity contribution < 1.29 is 14.3 Å². The van der Waals surface area contributed by atoms with Gasteiger partial charge < -0.3 is 4.74 Å². The molecular formula is C20H21ClN2O3S. The molecule has 0 unspecified atom stereocenters. The van der Waals surface area contributed by atoms with Gasteiger partial charge in [-0.15, -0.1) is 11.3 Å². The minimum atomic E-state index is -0.535. The average molecular weight is 405 g/mol. The van der Waals surface area contributed by atoms with Gasteiger partial charge in [-0.1, -0.05) is 50.6 Å². The molecule has 0 bridgehead atoms. The van der Waals surface area contributed by atoms with E-state index >= 15 is 0 Å². The number of halogens is 1. The Hall–Kier alpha value is -2.18. The van der Waals surface area contributed by atoms with Crippen LogP contribution in [0.1, 0.15) is 41.7 Å². The van der Waals surface area contributed by atoms with Crippen LogP contribution in [0.25, 0.3) is 10.2 Å². The van der Waals surface area contributed by atoms with Crippen LogP contribution >= 0.6 is 22.9 Å². The Kier molecular flexibility index (Phi) is 5.40. The summed E-state index contributed by atoms with van der Waals surface area (Å²) in [7, 11) is 0. The first-order valence-corrected chi connectivity index (χ1v) is 9.77. The van der Waals surface area contributed by atoms with Gasteiger partial charge in [-0.05, 0) is 24.6 Å². The van der Waals surface area contributed by atoms with E-state index in [1.807, 2.05) is 35.9 Å². The lowest BCUT2D eigenvalue weighted by Crippen LogP contribution is -2.26. The molecule has 7 heteroatoms. The highest BCUT2D eigenvalue weighted by atomic mass is 35.5. The Balaban J connectivity index is 1.82. The summed E-state index contributed by atoms with van der Waals surface area (Å²) in [6.45, 7) is 7.60. The van der Waals surface area contributed by atoms with Crippen molar-refractivity contribution in [1.29, 1.82) is 0 Å². The van der Waals surface area contributed by atoms with E-state index in [1.165, 1.54) is 11.3 Å². The number of rotatable bonds is 5. The molecular weight excluding hydrogens is 384 g/mol. The highest BCUT2D eigenvalue weighted by Crippen LogP contribution is 2.30. The second-order valence-electron chi connectivity index (χ2n) is 7.41. The zero-order chi connectivity index (χ0) is 19.8. The minimum absolute atomic E-state index is 0.113. The van der Waals surface area contributed by atoms with Gasteiger partial charge in [-0.2, -0.15) is 5.10 Å². The molecule has 2 aromatic heterocycles. The van der Waals surface area contributed by atoms with Gasteiger partial charge in [0.05, 0.1) is 12.2 Å². The Labute approximate surface area is 166 Å². The molecule has 0 aliphatic rings. The lowest BCUT2D eigenvalue weighted by molar-refractivity contribution is -0.129. The fraction of sp³-hybridized carbons (Fsp3) is 0.350. The molecule has 3 rings (SSSR count). The van der Waals surface area contributed by atoms with Gasteiger partial charge in [0.1, 0.15) is 9.71 Å². The number of ether oxygens (including phenoxy) is 1. The number of aromatic nitrogens is 2. The molecule has 0 aliphatic heterocycles. The van der Waals surface area contributed by atoms with Crippen LogP contribution in [0.15, 0.2) is 30.3 Å². The van der Waals surface area contributed by atoms with Gasteiger partial charge in [0, 0.05) is 15.8 Å². The zero-order valence-electron chi connectivity index (χ0n) is 15.7. The van der Waals surface area contributed by atoms with Crippen LogP contribution in [-0.4, -0.2) is 28.1 Å². The lowest BCUT2D eigenvalue weighted by Gasteiger charge is -2.15. The third kappa shape index (κ3) is 4.22. The predicted octanol–water partition coefficient (Wildman–Crippen LogP) is 4.88. The first kappa shape index (κ1) is 19.6. The molecule has 3 aromatic rings. The maximum absolute atomic E-state index is 12.4. The second-order valence-corrected chi connectivity index (χ2v) is 8.85. The molecule has 0 saturated heterocycles. The molecule has 0 atom stereocenters. The van der Waals surface area contributed by atoms with Crippen molar-refractivity contribution in [3.63, 3.8) is 0 Å². The standard InChI is InChI=1S/C20H21ClN2O3S/c1-12-14-9-16(19(25)26-11-17(24)20(2,3)4)27-18(14)23(22-12)10-13-7-5-6-8-15(13)21/h5-9H,10-11H2,1-4H3. The number of Topliss-reactive ketones (excluding diaryl/α,β-unsaturated/α-hetero) is 1. The number of thiophene rings is 1. The third-order valence-electron chi connectivity index (χ3n) is 4.26. The number of aryl methyl sites for hydroxylation is 1. The van der Waals surface area contributed by atoms with Crippen LogP contribution in [0.3, 0.4) is 0 Å². The van der Waals surface area contributed by atoms with E-state index in [0.717, 1.165) is 21.5 Å². The molecule has 0 radical (unpaired) electrons. The Bertz CT molecular complexity index is 1010. The van der Waals surface area contributed by atoms with Crippen LogP contribution in [0, 0.1) is 12.3 Å². The molecule has 1 aromatic carbocycles. The monoisotopic (exact) mass is 404 g/mol. The van der Waals surface area contributed by atoms with Crippen molar-refractivity contribution in [3.8, 4) is 0 Å². The van der Waals surface area contributed by atoms with Crippen molar-refractivity contribution in [2.45, 2.75) is 34.2 Å². The number of nitrogens with zero attached hydrogens (tertiary/aromatic N) is 2. The number of esters is 1. The normalized spacial score (nSPS) is 11.7. The van der Waals surface area contributed by atoms with E-state index < -0.39 is 11.4 Å². The van der Waals surface area contributed by atoms with Crippen LogP contribution in [0.5, 0.6) is 0 Å². The summed E-state index contributed by atoms with van der Waals surface area (Å²) < 4.78 is 7.04. The van der Waals surface area contributed by atoms with E-state index in [1.54, 1.807) is 26.8 Å². The van der Waals surface area contributed by atoms with Crippen LogP contribution in [0.4, 0.5) is 0 Å². The minimum Gasteiger partial charge on any atom is -0.453 e. The summed E-state index contributed by atoms with van der Waals surface area (Å²) in [4.78, 5) is 25.7. The molecule has 0 spiro atoms. The number of hydrogen-bond acceptors (Lipinski definition) is 5. The summed E-state index contributed by atoms with van der Waals surface area (Å²) in [5, 5.41) is 6.14. The molecule has 0 aliphatic carbocycles. The number of hydrogen-bond donors (Lipinski definition) is 0. The highest BCUT2D eigenvalue weighted by Gasteiger charge is 2.24. The molecule has 27 heavy (non-hydrogen) atoms. The van der Waals surface area contributed by atoms with Gasteiger partial charge >= 0.3 is 5.97 Å². The lowest BCUT2D eigenvalue weighted by atomic mass is 9.91. The van der Waals surface area contributed by atoms with E-state index in [0.29, 0.717) is 16.4 Å². The van der Waals surface area contributed by atoms with Crippen molar-refractivity contribution in [2.24, 2.45) is 5.41 Å². The number of carbonyl (C=O) groups is 2. The predicted molar refractivity (Wildman–Crippen MR) is 108 cm³/mol. The van der Waals surface area contributed by atoms with Crippen molar-refractivity contribution >= 4 is 44.9 Å². The summed E-state index contributed by atoms with van der Waals surface area (Å²) in [6, 6.07) is 9.38. The first-order valence-electron chi connectivity index (χ1n) is 8.57. The largest absolute Gasteiger partial charge is 0.453 e. The summed E-state index contributed by atoms with van der Waals surface area (Å²) in [5.41, 5.74) is 1.25. The molecule has 0 amide bonds. The number of ketones is 1. The Morgan fingerprint density at radius 3 is 2.63 bits per heavy atom.